The molecule has 0 saturated carbocycles. The summed E-state index contributed by atoms with van der Waals surface area (Å²) in [5, 5.41) is 12.7. The Bertz CT molecular complexity index is 522. The summed E-state index contributed by atoms with van der Waals surface area (Å²) in [7, 11) is 0. The molecule has 0 radical (unpaired) electrons. The van der Waals surface area contributed by atoms with Crippen LogP contribution in [-0.4, -0.2) is 20.9 Å². The van der Waals surface area contributed by atoms with E-state index < -0.39 is 5.97 Å². The second kappa shape index (κ2) is 4.49. The molecule has 4 nitrogen and oxygen atoms in total. The first kappa shape index (κ1) is 10.9. The van der Waals surface area contributed by atoms with Crippen molar-refractivity contribution in [1.29, 1.82) is 0 Å². The normalized spacial score (nSPS) is 10.3. The van der Waals surface area contributed by atoms with E-state index in [9.17, 15) is 4.79 Å². The summed E-state index contributed by atoms with van der Waals surface area (Å²) in [6.45, 7) is 0.562. The standard InChI is InChI=1S/C11H9BrN2O2/c12-9-3-1-2-8(6-9)7-14-5-4-10(13-14)11(15)16/h1-6H,7H2,(H,15,16). The molecule has 82 valence electrons. The van der Waals surface area contributed by atoms with Crippen molar-refractivity contribution >= 4 is 21.9 Å². The molecule has 16 heavy (non-hydrogen) atoms. The Kier molecular flexibility index (Phi) is 3.05. The van der Waals surface area contributed by atoms with Crippen molar-refractivity contribution in [2.75, 3.05) is 0 Å². The molecule has 0 atom stereocenters. The summed E-state index contributed by atoms with van der Waals surface area (Å²) in [5.41, 5.74) is 1.13. The summed E-state index contributed by atoms with van der Waals surface area (Å²) in [4.78, 5) is 10.6. The van der Waals surface area contributed by atoms with Gasteiger partial charge in [0.15, 0.2) is 5.69 Å². The first-order valence-corrected chi connectivity index (χ1v) is 5.45. The largest absolute Gasteiger partial charge is 0.476 e. The highest BCUT2D eigenvalue weighted by Gasteiger charge is 2.06. The van der Waals surface area contributed by atoms with E-state index in [0.717, 1.165) is 10.0 Å². The maximum Gasteiger partial charge on any atom is 0.356 e. The summed E-state index contributed by atoms with van der Waals surface area (Å²) in [5.74, 6) is -1.01. The van der Waals surface area contributed by atoms with Crippen LogP contribution in [0.4, 0.5) is 0 Å². The van der Waals surface area contributed by atoms with Crippen molar-refractivity contribution in [3.05, 3.63) is 52.3 Å². The molecule has 0 aliphatic heterocycles. The van der Waals surface area contributed by atoms with E-state index in [-0.39, 0.29) is 5.69 Å². The molecule has 0 saturated heterocycles. The molecule has 0 fully saturated rings. The lowest BCUT2D eigenvalue weighted by Gasteiger charge is -2.01. The highest BCUT2D eigenvalue weighted by atomic mass is 79.9. The van der Waals surface area contributed by atoms with E-state index in [1.54, 1.807) is 10.9 Å². The smallest absolute Gasteiger partial charge is 0.356 e. The molecule has 0 aliphatic rings. The third-order valence-electron chi connectivity index (χ3n) is 2.09. The number of carboxylic acids is 1. The minimum atomic E-state index is -1.01. The fourth-order valence-corrected chi connectivity index (χ4v) is 1.83. The minimum Gasteiger partial charge on any atom is -0.476 e. The van der Waals surface area contributed by atoms with Gasteiger partial charge in [0.1, 0.15) is 0 Å². The summed E-state index contributed by atoms with van der Waals surface area (Å²) in [6, 6.07) is 9.30. The first-order valence-electron chi connectivity index (χ1n) is 4.66. The zero-order chi connectivity index (χ0) is 11.5. The molecular formula is C11H9BrN2O2. The van der Waals surface area contributed by atoms with Gasteiger partial charge in [-0.25, -0.2) is 4.79 Å². The van der Waals surface area contributed by atoms with Gasteiger partial charge in [-0.15, -0.1) is 0 Å². The van der Waals surface area contributed by atoms with Crippen LogP contribution in [0.1, 0.15) is 16.1 Å². The number of carboxylic acid groups (broad SMARTS) is 1. The highest BCUT2D eigenvalue weighted by Crippen LogP contribution is 2.12. The Morgan fingerprint density at radius 2 is 2.25 bits per heavy atom. The van der Waals surface area contributed by atoms with E-state index in [4.69, 9.17) is 5.11 Å². The Hall–Kier alpha value is -1.62. The van der Waals surface area contributed by atoms with Crippen LogP contribution in [0.5, 0.6) is 0 Å². The fraction of sp³-hybridized carbons (Fsp3) is 0.0909. The second-order valence-corrected chi connectivity index (χ2v) is 4.25. The average Bonchev–Trinajstić information content (AvgIpc) is 2.66. The Labute approximate surface area is 101 Å². The molecule has 2 aromatic rings. The van der Waals surface area contributed by atoms with Crippen LogP contribution in [0.25, 0.3) is 0 Å². The molecule has 0 amide bonds. The second-order valence-electron chi connectivity index (χ2n) is 3.33. The first-order chi connectivity index (χ1) is 7.65. The molecule has 1 aromatic heterocycles. The third kappa shape index (κ3) is 2.49. The number of carbonyl (C=O) groups is 1. The zero-order valence-electron chi connectivity index (χ0n) is 8.30. The third-order valence-corrected chi connectivity index (χ3v) is 2.59. The minimum absolute atomic E-state index is 0.0648. The van der Waals surface area contributed by atoms with Crippen molar-refractivity contribution in [3.63, 3.8) is 0 Å². The van der Waals surface area contributed by atoms with E-state index in [1.807, 2.05) is 24.3 Å². The van der Waals surface area contributed by atoms with Crippen molar-refractivity contribution in [2.24, 2.45) is 0 Å². The van der Waals surface area contributed by atoms with Gasteiger partial charge in [0.25, 0.3) is 0 Å². The van der Waals surface area contributed by atoms with Gasteiger partial charge in [0.05, 0.1) is 6.54 Å². The van der Waals surface area contributed by atoms with Crippen molar-refractivity contribution < 1.29 is 9.90 Å². The van der Waals surface area contributed by atoms with Gasteiger partial charge in [-0.3, -0.25) is 4.68 Å². The lowest BCUT2D eigenvalue weighted by atomic mass is 10.2. The molecule has 0 bridgehead atoms. The van der Waals surface area contributed by atoms with Gasteiger partial charge in [-0.1, -0.05) is 28.1 Å². The molecular weight excluding hydrogens is 272 g/mol. The number of hydrogen-bond donors (Lipinski definition) is 1. The van der Waals surface area contributed by atoms with Gasteiger partial charge in [-0.2, -0.15) is 5.10 Å². The zero-order valence-corrected chi connectivity index (χ0v) is 9.89. The van der Waals surface area contributed by atoms with Gasteiger partial charge < -0.3 is 5.11 Å². The van der Waals surface area contributed by atoms with Gasteiger partial charge >= 0.3 is 5.97 Å². The van der Waals surface area contributed by atoms with Crippen LogP contribution in [0, 0.1) is 0 Å². The number of hydrogen-bond acceptors (Lipinski definition) is 2. The number of aromatic nitrogens is 2. The number of nitrogens with zero attached hydrogens (tertiary/aromatic N) is 2. The lowest BCUT2D eigenvalue weighted by Crippen LogP contribution is -2.03. The van der Waals surface area contributed by atoms with Crippen molar-refractivity contribution in [2.45, 2.75) is 6.54 Å². The van der Waals surface area contributed by atoms with Gasteiger partial charge in [0, 0.05) is 10.7 Å². The van der Waals surface area contributed by atoms with E-state index >= 15 is 0 Å². The highest BCUT2D eigenvalue weighted by molar-refractivity contribution is 9.10. The van der Waals surface area contributed by atoms with E-state index in [1.165, 1.54) is 6.07 Å². The van der Waals surface area contributed by atoms with Crippen LogP contribution in [0.15, 0.2) is 41.0 Å². The number of halogens is 1. The predicted molar refractivity (Wildman–Crippen MR) is 62.4 cm³/mol. The molecule has 2 rings (SSSR count). The molecule has 0 spiro atoms. The van der Waals surface area contributed by atoms with Crippen molar-refractivity contribution in [3.8, 4) is 0 Å². The van der Waals surface area contributed by atoms with Crippen LogP contribution >= 0.6 is 15.9 Å². The SMILES string of the molecule is O=C(O)c1ccn(Cc2cccc(Br)c2)n1. The van der Waals surface area contributed by atoms with Crippen LogP contribution in [0.3, 0.4) is 0 Å². The topological polar surface area (TPSA) is 55.1 Å². The number of benzene rings is 1. The van der Waals surface area contributed by atoms with Crippen LogP contribution in [-0.2, 0) is 6.54 Å². The lowest BCUT2D eigenvalue weighted by molar-refractivity contribution is 0.0689. The predicted octanol–water partition coefficient (Wildman–Crippen LogP) is 2.39. The monoisotopic (exact) mass is 280 g/mol. The maximum absolute atomic E-state index is 10.6. The van der Waals surface area contributed by atoms with Gasteiger partial charge in [0.2, 0.25) is 0 Å². The molecule has 1 heterocycles. The van der Waals surface area contributed by atoms with Crippen LogP contribution < -0.4 is 0 Å². The quantitative estimate of drug-likeness (QED) is 0.939. The Morgan fingerprint density at radius 3 is 2.88 bits per heavy atom. The molecule has 5 heteroatoms. The summed E-state index contributed by atoms with van der Waals surface area (Å²) in [6.07, 6.45) is 1.66. The van der Waals surface area contributed by atoms with Gasteiger partial charge in [-0.05, 0) is 23.8 Å². The van der Waals surface area contributed by atoms with Crippen LogP contribution in [0.2, 0.25) is 0 Å². The molecule has 0 unspecified atom stereocenters. The molecule has 0 aliphatic carbocycles. The number of rotatable bonds is 3. The Morgan fingerprint density at radius 1 is 1.44 bits per heavy atom. The number of aromatic carboxylic acids is 1. The fourth-order valence-electron chi connectivity index (χ4n) is 1.39. The van der Waals surface area contributed by atoms with E-state index in [2.05, 4.69) is 21.0 Å². The summed E-state index contributed by atoms with van der Waals surface area (Å²) >= 11 is 3.38. The average molecular weight is 281 g/mol. The molecule has 1 N–H and O–H groups in total. The van der Waals surface area contributed by atoms with E-state index in [0.29, 0.717) is 6.54 Å². The van der Waals surface area contributed by atoms with Crippen molar-refractivity contribution in [1.82, 2.24) is 9.78 Å². The summed E-state index contributed by atoms with van der Waals surface area (Å²) < 4.78 is 2.60. The molecule has 1 aromatic carbocycles. The Balaban J connectivity index is 2.17. The maximum atomic E-state index is 10.6.